The summed E-state index contributed by atoms with van der Waals surface area (Å²) in [5, 5.41) is 0. The van der Waals surface area contributed by atoms with Crippen LogP contribution in [0.1, 0.15) is 34.5 Å². The number of aromatic nitrogens is 3. The minimum Gasteiger partial charge on any atom is -0.338 e. The third kappa shape index (κ3) is 3.05. The molecule has 0 atom stereocenters. The number of carbonyl (C=O) groups excluding carboxylic acids is 1. The molecule has 0 aliphatic carbocycles. The molecule has 5 nitrogen and oxygen atoms in total. The third-order valence-corrected chi connectivity index (χ3v) is 6.09. The monoisotopic (exact) mass is 400 g/mol. The fraction of sp³-hybridized carbons (Fsp3) is 0.208. The van der Waals surface area contributed by atoms with E-state index >= 15 is 0 Å². The smallest absolute Gasteiger partial charge is 0.256 e. The van der Waals surface area contributed by atoms with E-state index in [2.05, 4.69) is 23.3 Å². The van der Waals surface area contributed by atoms with Gasteiger partial charge >= 0.3 is 0 Å². The average Bonchev–Trinajstić information content (AvgIpc) is 3.24. The summed E-state index contributed by atoms with van der Waals surface area (Å²) in [7, 11) is 0. The van der Waals surface area contributed by atoms with Gasteiger partial charge in [0.15, 0.2) is 5.82 Å². The summed E-state index contributed by atoms with van der Waals surface area (Å²) in [5.41, 5.74) is 2.88. The Balaban J connectivity index is 1.49. The van der Waals surface area contributed by atoms with Gasteiger partial charge in [-0.1, -0.05) is 36.4 Å². The zero-order valence-corrected chi connectivity index (χ0v) is 16.4. The lowest BCUT2D eigenvalue weighted by atomic mass is 9.70. The molecule has 0 unspecified atom stereocenters. The summed E-state index contributed by atoms with van der Waals surface area (Å²) >= 11 is 0. The molecular weight excluding hydrogens is 379 g/mol. The maximum Gasteiger partial charge on any atom is 0.256 e. The molecule has 0 bridgehead atoms. The third-order valence-electron chi connectivity index (χ3n) is 6.09. The van der Waals surface area contributed by atoms with Crippen molar-refractivity contribution in [1.29, 1.82) is 0 Å². The fourth-order valence-corrected chi connectivity index (χ4v) is 4.43. The Labute approximate surface area is 173 Å². The Bertz CT molecular complexity index is 1160. The van der Waals surface area contributed by atoms with E-state index in [1.807, 2.05) is 47.0 Å². The van der Waals surface area contributed by atoms with E-state index in [-0.39, 0.29) is 16.9 Å². The van der Waals surface area contributed by atoms with E-state index in [4.69, 9.17) is 4.98 Å². The van der Waals surface area contributed by atoms with Crippen LogP contribution in [0.25, 0.3) is 5.65 Å². The molecule has 0 N–H and O–H groups in total. The number of benzene rings is 1. The predicted molar refractivity (Wildman–Crippen MR) is 112 cm³/mol. The van der Waals surface area contributed by atoms with Crippen molar-refractivity contribution >= 4 is 11.6 Å². The van der Waals surface area contributed by atoms with Gasteiger partial charge < -0.3 is 9.30 Å². The van der Waals surface area contributed by atoms with Gasteiger partial charge in [0.1, 0.15) is 5.65 Å². The minimum atomic E-state index is -0.581. The summed E-state index contributed by atoms with van der Waals surface area (Å²) < 4.78 is 16.1. The molecule has 1 fully saturated rings. The van der Waals surface area contributed by atoms with E-state index in [1.165, 1.54) is 17.8 Å². The topological polar surface area (TPSA) is 50.5 Å². The van der Waals surface area contributed by atoms with Gasteiger partial charge in [0.05, 0.1) is 17.5 Å². The SMILES string of the molecule is O=C(c1ccncc1F)N1CCC(c2ccccc2)(c2cn3ccccc3n2)CC1. The first kappa shape index (κ1) is 18.5. The lowest BCUT2D eigenvalue weighted by Gasteiger charge is -2.41. The molecule has 1 aliphatic heterocycles. The molecule has 1 aliphatic rings. The molecule has 1 saturated heterocycles. The van der Waals surface area contributed by atoms with Crippen LogP contribution in [0.2, 0.25) is 0 Å². The van der Waals surface area contributed by atoms with Gasteiger partial charge in [-0.15, -0.1) is 0 Å². The molecule has 5 rings (SSSR count). The molecule has 0 spiro atoms. The van der Waals surface area contributed by atoms with Gasteiger partial charge in [-0.3, -0.25) is 9.78 Å². The number of amides is 1. The summed E-state index contributed by atoms with van der Waals surface area (Å²) in [6.45, 7) is 1.06. The van der Waals surface area contributed by atoms with Crippen LogP contribution in [-0.2, 0) is 5.41 Å². The fourth-order valence-electron chi connectivity index (χ4n) is 4.43. The van der Waals surface area contributed by atoms with Gasteiger partial charge in [-0.05, 0) is 36.6 Å². The quantitative estimate of drug-likeness (QED) is 0.520. The first-order chi connectivity index (χ1) is 14.7. The van der Waals surface area contributed by atoms with Crippen LogP contribution in [0.4, 0.5) is 4.39 Å². The number of nitrogens with zero attached hydrogens (tertiary/aromatic N) is 4. The summed E-state index contributed by atoms with van der Waals surface area (Å²) in [5.74, 6) is -0.866. The van der Waals surface area contributed by atoms with Crippen LogP contribution < -0.4 is 0 Å². The van der Waals surface area contributed by atoms with Gasteiger partial charge in [0.25, 0.3) is 5.91 Å². The normalized spacial score (nSPS) is 16.0. The molecule has 3 aromatic heterocycles. The first-order valence-electron chi connectivity index (χ1n) is 10.1. The van der Waals surface area contributed by atoms with Crippen LogP contribution >= 0.6 is 0 Å². The highest BCUT2D eigenvalue weighted by Crippen LogP contribution is 2.41. The van der Waals surface area contributed by atoms with Crippen LogP contribution in [0.5, 0.6) is 0 Å². The molecule has 6 heteroatoms. The van der Waals surface area contributed by atoms with Crippen molar-refractivity contribution in [3.8, 4) is 0 Å². The highest BCUT2D eigenvalue weighted by Gasteiger charge is 2.41. The minimum absolute atomic E-state index is 0.0740. The number of pyridine rings is 2. The van der Waals surface area contributed by atoms with E-state index in [9.17, 15) is 9.18 Å². The number of imidazole rings is 1. The molecule has 0 radical (unpaired) electrons. The lowest BCUT2D eigenvalue weighted by Crippen LogP contribution is -2.46. The number of halogens is 1. The van der Waals surface area contributed by atoms with Crippen molar-refractivity contribution in [2.75, 3.05) is 13.1 Å². The highest BCUT2D eigenvalue weighted by molar-refractivity contribution is 5.94. The van der Waals surface area contributed by atoms with Crippen molar-refractivity contribution < 1.29 is 9.18 Å². The second-order valence-corrected chi connectivity index (χ2v) is 7.69. The number of fused-ring (bicyclic) bond motifs is 1. The van der Waals surface area contributed by atoms with E-state index in [1.54, 1.807) is 4.90 Å². The molecule has 0 saturated carbocycles. The number of hydrogen-bond acceptors (Lipinski definition) is 3. The van der Waals surface area contributed by atoms with E-state index in [0.717, 1.165) is 30.4 Å². The van der Waals surface area contributed by atoms with Gasteiger partial charge in [-0.25, -0.2) is 9.37 Å². The maximum absolute atomic E-state index is 14.1. The Kier molecular flexibility index (Phi) is 4.54. The number of hydrogen-bond donors (Lipinski definition) is 0. The van der Waals surface area contributed by atoms with Gasteiger partial charge in [-0.2, -0.15) is 0 Å². The first-order valence-corrected chi connectivity index (χ1v) is 10.1. The second kappa shape index (κ2) is 7.37. The Morgan fingerprint density at radius 1 is 1.00 bits per heavy atom. The molecular formula is C24H21FN4O. The average molecular weight is 400 g/mol. The molecule has 30 heavy (non-hydrogen) atoms. The van der Waals surface area contributed by atoms with Crippen molar-refractivity contribution in [3.05, 3.63) is 102 Å². The van der Waals surface area contributed by atoms with Crippen molar-refractivity contribution in [1.82, 2.24) is 19.3 Å². The van der Waals surface area contributed by atoms with Crippen LogP contribution in [0.15, 0.2) is 79.4 Å². The van der Waals surface area contributed by atoms with E-state index in [0.29, 0.717) is 13.1 Å². The standard InChI is InChI=1S/C24H21FN4O/c25-20-16-26-12-9-19(20)23(30)28-14-10-24(11-15-28,18-6-2-1-3-7-18)21-17-29-13-5-4-8-22(29)27-21/h1-9,12-13,16-17H,10-11,14-15H2. The largest absolute Gasteiger partial charge is 0.338 e. The lowest BCUT2D eigenvalue weighted by molar-refractivity contribution is 0.0679. The van der Waals surface area contributed by atoms with Crippen LogP contribution in [0.3, 0.4) is 0 Å². The van der Waals surface area contributed by atoms with Gasteiger partial charge in [0.2, 0.25) is 0 Å². The zero-order valence-electron chi connectivity index (χ0n) is 16.4. The number of rotatable bonds is 3. The Morgan fingerprint density at radius 2 is 1.77 bits per heavy atom. The highest BCUT2D eigenvalue weighted by atomic mass is 19.1. The van der Waals surface area contributed by atoms with E-state index < -0.39 is 5.82 Å². The Morgan fingerprint density at radius 3 is 2.50 bits per heavy atom. The summed E-state index contributed by atoms with van der Waals surface area (Å²) in [4.78, 5) is 23.3. The zero-order chi connectivity index (χ0) is 20.6. The molecule has 1 amide bonds. The van der Waals surface area contributed by atoms with Crippen LogP contribution in [0, 0.1) is 5.82 Å². The van der Waals surface area contributed by atoms with Crippen molar-refractivity contribution in [3.63, 3.8) is 0 Å². The predicted octanol–water partition coefficient (Wildman–Crippen LogP) is 4.09. The summed E-state index contributed by atoms with van der Waals surface area (Å²) in [6.07, 6.45) is 8.06. The molecule has 4 aromatic rings. The van der Waals surface area contributed by atoms with Crippen molar-refractivity contribution in [2.24, 2.45) is 0 Å². The summed E-state index contributed by atoms with van der Waals surface area (Å²) in [6, 6.07) is 17.7. The molecule has 1 aromatic carbocycles. The van der Waals surface area contributed by atoms with Crippen LogP contribution in [-0.4, -0.2) is 38.3 Å². The molecule has 4 heterocycles. The Hall–Kier alpha value is -3.54. The second-order valence-electron chi connectivity index (χ2n) is 7.69. The van der Waals surface area contributed by atoms with Gasteiger partial charge in [0, 0.05) is 37.1 Å². The van der Waals surface area contributed by atoms with Crippen molar-refractivity contribution in [2.45, 2.75) is 18.3 Å². The number of carbonyl (C=O) groups is 1. The maximum atomic E-state index is 14.1. The number of piperidine rings is 1. The number of likely N-dealkylation sites (tertiary alicyclic amines) is 1. The molecule has 150 valence electrons.